The largest absolute Gasteiger partial charge is 0.353 e. The fraction of sp³-hybridized carbons (Fsp3) is 0.667. The molecule has 0 atom stereocenters. The molecule has 8 nitrogen and oxygen atoms in total. The minimum Gasteiger partial charge on any atom is -0.353 e. The second kappa shape index (κ2) is 8.29. The minimum atomic E-state index is -3.62. The molecule has 2 saturated carbocycles. The van der Waals surface area contributed by atoms with E-state index in [1.807, 2.05) is 6.92 Å². The molecular formula is C21H28N4O4S2. The van der Waals surface area contributed by atoms with Crippen molar-refractivity contribution in [2.24, 2.45) is 5.92 Å². The molecule has 2 aliphatic carbocycles. The van der Waals surface area contributed by atoms with Crippen LogP contribution in [-0.2, 0) is 14.8 Å². The lowest BCUT2D eigenvalue weighted by molar-refractivity contribution is -0.126. The van der Waals surface area contributed by atoms with Gasteiger partial charge in [-0.1, -0.05) is 18.0 Å². The molecule has 2 aromatic rings. The predicted octanol–water partition coefficient (Wildman–Crippen LogP) is 3.44. The van der Waals surface area contributed by atoms with Gasteiger partial charge in [0.25, 0.3) is 0 Å². The molecule has 0 spiro atoms. The molecule has 0 unspecified atom stereocenters. The lowest BCUT2D eigenvalue weighted by atomic mass is 9.97. The number of sulfonamides is 1. The molecule has 1 saturated heterocycles. The highest BCUT2D eigenvalue weighted by Gasteiger charge is 2.35. The van der Waals surface area contributed by atoms with Gasteiger partial charge in [-0.2, -0.15) is 9.29 Å². The van der Waals surface area contributed by atoms with Gasteiger partial charge in [0.2, 0.25) is 27.6 Å². The zero-order valence-electron chi connectivity index (χ0n) is 17.7. The van der Waals surface area contributed by atoms with Crippen molar-refractivity contribution in [2.75, 3.05) is 13.1 Å². The zero-order chi connectivity index (χ0) is 21.6. The average molecular weight is 465 g/mol. The second-order valence-corrected chi connectivity index (χ2v) is 12.1. The Morgan fingerprint density at radius 1 is 1.16 bits per heavy atom. The fourth-order valence-corrected chi connectivity index (χ4v) is 7.51. The van der Waals surface area contributed by atoms with Crippen LogP contribution in [0.1, 0.15) is 68.1 Å². The summed E-state index contributed by atoms with van der Waals surface area (Å²) in [4.78, 5) is 18.7. The maximum absolute atomic E-state index is 13.3. The molecule has 3 aliphatic rings. The molecule has 0 bridgehead atoms. The van der Waals surface area contributed by atoms with E-state index < -0.39 is 10.0 Å². The van der Waals surface area contributed by atoms with E-state index in [1.165, 1.54) is 28.5 Å². The Kier molecular flexibility index (Phi) is 5.64. The Morgan fingerprint density at radius 2 is 1.87 bits per heavy atom. The van der Waals surface area contributed by atoms with Gasteiger partial charge >= 0.3 is 0 Å². The SMILES string of the molecule is Cc1sc(-c2noc(C3CC3)n2)cc1S(=O)(=O)N1CCC(C(=O)NC2CCCC2)CC1. The van der Waals surface area contributed by atoms with E-state index in [0.717, 1.165) is 25.7 Å². The number of hydrogen-bond donors (Lipinski definition) is 1. The molecule has 0 aromatic carbocycles. The number of hydrogen-bond acceptors (Lipinski definition) is 7. The molecule has 2 aromatic heterocycles. The summed E-state index contributed by atoms with van der Waals surface area (Å²) in [5, 5.41) is 7.19. The van der Waals surface area contributed by atoms with Crippen LogP contribution in [0.2, 0.25) is 0 Å². The van der Waals surface area contributed by atoms with Crippen LogP contribution >= 0.6 is 11.3 Å². The maximum atomic E-state index is 13.3. The van der Waals surface area contributed by atoms with Gasteiger partial charge in [0.1, 0.15) is 0 Å². The molecule has 10 heteroatoms. The highest BCUT2D eigenvalue weighted by molar-refractivity contribution is 7.89. The Bertz CT molecular complexity index is 1060. The number of nitrogens with zero attached hydrogens (tertiary/aromatic N) is 3. The van der Waals surface area contributed by atoms with Gasteiger partial charge in [-0.3, -0.25) is 4.79 Å². The smallest absolute Gasteiger partial charge is 0.244 e. The van der Waals surface area contributed by atoms with Gasteiger partial charge < -0.3 is 9.84 Å². The van der Waals surface area contributed by atoms with Crippen molar-refractivity contribution in [1.82, 2.24) is 19.8 Å². The van der Waals surface area contributed by atoms with Crippen LogP contribution in [0, 0.1) is 12.8 Å². The highest BCUT2D eigenvalue weighted by atomic mass is 32.2. The summed E-state index contributed by atoms with van der Waals surface area (Å²) < 4.78 is 33.4. The number of aromatic nitrogens is 2. The third-order valence-corrected chi connectivity index (χ3v) is 9.81. The molecule has 0 radical (unpaired) electrons. The number of aryl methyl sites for hydroxylation is 1. The van der Waals surface area contributed by atoms with E-state index in [2.05, 4.69) is 15.5 Å². The normalized spacial score (nSPS) is 21.6. The number of rotatable bonds is 6. The Labute approximate surface area is 186 Å². The summed E-state index contributed by atoms with van der Waals surface area (Å²) in [6.07, 6.45) is 7.72. The molecule has 1 aliphatic heterocycles. The highest BCUT2D eigenvalue weighted by Crippen LogP contribution is 2.41. The first kappa shape index (κ1) is 21.1. The van der Waals surface area contributed by atoms with Crippen molar-refractivity contribution in [3.05, 3.63) is 16.8 Å². The van der Waals surface area contributed by atoms with Gasteiger partial charge in [0, 0.05) is 35.8 Å². The van der Waals surface area contributed by atoms with Gasteiger partial charge in [0.15, 0.2) is 0 Å². The van der Waals surface area contributed by atoms with Crippen molar-refractivity contribution in [3.8, 4) is 10.7 Å². The number of amides is 1. The van der Waals surface area contributed by atoms with Gasteiger partial charge in [0.05, 0.1) is 9.77 Å². The minimum absolute atomic E-state index is 0.0847. The number of nitrogens with one attached hydrogen (secondary N) is 1. The van der Waals surface area contributed by atoms with Crippen LogP contribution < -0.4 is 5.32 Å². The Balaban J connectivity index is 1.25. The Hall–Kier alpha value is -1.78. The second-order valence-electron chi connectivity index (χ2n) is 8.93. The zero-order valence-corrected chi connectivity index (χ0v) is 19.3. The standard InChI is InChI=1S/C21H28N4O4S2/c1-13-18(12-17(30-13)19-23-21(29-24-19)15-6-7-15)31(27,28)25-10-8-14(9-11-25)20(26)22-16-4-2-3-5-16/h12,14-16H,2-11H2,1H3,(H,22,26). The van der Waals surface area contributed by atoms with E-state index >= 15 is 0 Å². The van der Waals surface area contributed by atoms with E-state index in [4.69, 9.17) is 4.52 Å². The molecule has 168 valence electrons. The summed E-state index contributed by atoms with van der Waals surface area (Å²) in [5.74, 6) is 1.44. The first-order valence-electron chi connectivity index (χ1n) is 11.2. The third-order valence-electron chi connectivity index (χ3n) is 6.61. The molecule has 1 amide bonds. The van der Waals surface area contributed by atoms with E-state index in [1.54, 1.807) is 6.07 Å². The summed E-state index contributed by atoms with van der Waals surface area (Å²) in [5.41, 5.74) is 0. The monoisotopic (exact) mass is 464 g/mol. The van der Waals surface area contributed by atoms with Crippen molar-refractivity contribution in [3.63, 3.8) is 0 Å². The maximum Gasteiger partial charge on any atom is 0.244 e. The number of piperidine rings is 1. The lowest BCUT2D eigenvalue weighted by Crippen LogP contribution is -2.44. The van der Waals surface area contributed by atoms with Crippen LogP contribution in [0.15, 0.2) is 15.5 Å². The molecule has 5 rings (SSSR count). The number of thiophene rings is 1. The summed E-state index contributed by atoms with van der Waals surface area (Å²) in [6, 6.07) is 1.96. The molecule has 1 N–H and O–H groups in total. The molecular weight excluding hydrogens is 436 g/mol. The lowest BCUT2D eigenvalue weighted by Gasteiger charge is -2.31. The summed E-state index contributed by atoms with van der Waals surface area (Å²) in [6.45, 7) is 2.54. The van der Waals surface area contributed by atoms with Crippen molar-refractivity contribution in [1.29, 1.82) is 0 Å². The average Bonchev–Trinajstić information content (AvgIpc) is 3.14. The van der Waals surface area contributed by atoms with Crippen LogP contribution in [0.3, 0.4) is 0 Å². The summed E-state index contributed by atoms with van der Waals surface area (Å²) in [7, 11) is -3.62. The van der Waals surface area contributed by atoms with Crippen LogP contribution in [0.5, 0.6) is 0 Å². The molecule has 31 heavy (non-hydrogen) atoms. The number of carbonyl (C=O) groups excluding carboxylic acids is 1. The topological polar surface area (TPSA) is 105 Å². The summed E-state index contributed by atoms with van der Waals surface area (Å²) >= 11 is 1.37. The van der Waals surface area contributed by atoms with Gasteiger partial charge in [-0.25, -0.2) is 8.42 Å². The first-order valence-corrected chi connectivity index (χ1v) is 13.4. The van der Waals surface area contributed by atoms with E-state index in [-0.39, 0.29) is 11.8 Å². The van der Waals surface area contributed by atoms with E-state index in [9.17, 15) is 13.2 Å². The van der Waals surface area contributed by atoms with Crippen molar-refractivity contribution >= 4 is 27.3 Å². The number of carbonyl (C=O) groups is 1. The molecule has 3 heterocycles. The van der Waals surface area contributed by atoms with Gasteiger partial charge in [-0.05, 0) is 51.5 Å². The van der Waals surface area contributed by atoms with Crippen LogP contribution in [0.4, 0.5) is 0 Å². The quantitative estimate of drug-likeness (QED) is 0.702. The first-order chi connectivity index (χ1) is 14.9. The molecule has 3 fully saturated rings. The van der Waals surface area contributed by atoms with E-state index in [0.29, 0.717) is 64.3 Å². The van der Waals surface area contributed by atoms with Crippen LogP contribution in [-0.4, -0.2) is 47.9 Å². The predicted molar refractivity (Wildman–Crippen MR) is 116 cm³/mol. The Morgan fingerprint density at radius 3 is 2.55 bits per heavy atom. The van der Waals surface area contributed by atoms with Crippen LogP contribution in [0.25, 0.3) is 10.7 Å². The fourth-order valence-electron chi connectivity index (χ4n) is 4.55. The van der Waals surface area contributed by atoms with Crippen molar-refractivity contribution < 1.29 is 17.7 Å². The van der Waals surface area contributed by atoms with Crippen molar-refractivity contribution in [2.45, 2.75) is 75.1 Å². The van der Waals surface area contributed by atoms with Gasteiger partial charge in [-0.15, -0.1) is 11.3 Å². The third kappa shape index (κ3) is 4.29.